The first-order chi connectivity index (χ1) is 12.5. The Hall–Kier alpha value is -2.30. The predicted molar refractivity (Wildman–Crippen MR) is 102 cm³/mol. The van der Waals surface area contributed by atoms with E-state index in [1.807, 2.05) is 15.9 Å². The lowest BCUT2D eigenvalue weighted by Crippen LogP contribution is -2.43. The minimum absolute atomic E-state index is 0.0466. The highest BCUT2D eigenvalue weighted by molar-refractivity contribution is 5.99. The number of aromatic nitrogens is 1. The molecule has 1 aromatic heterocycles. The number of likely N-dealkylation sites (tertiary alicyclic amines) is 2. The quantitative estimate of drug-likeness (QED) is 0.901. The van der Waals surface area contributed by atoms with E-state index in [1.165, 1.54) is 11.1 Å². The lowest BCUT2D eigenvalue weighted by Gasteiger charge is -2.33. The third kappa shape index (κ3) is 3.11. The number of nitrogens with zero attached hydrogens (tertiary/aromatic N) is 2. The van der Waals surface area contributed by atoms with Crippen LogP contribution in [0.3, 0.4) is 0 Å². The standard InChI is InChI=1S/C21H27N3O2/c1-14-11-15(2)17-13-19(22-18(17)12-14)21(26)24-9-5-16(6-10-24)20(25)23-7-3-4-8-23/h11-13,16,22H,3-10H2,1-2H3. The van der Waals surface area contributed by atoms with Crippen LogP contribution < -0.4 is 0 Å². The molecule has 5 heteroatoms. The Morgan fingerprint density at radius 2 is 1.65 bits per heavy atom. The van der Waals surface area contributed by atoms with Crippen molar-refractivity contribution < 1.29 is 9.59 Å². The fraction of sp³-hybridized carbons (Fsp3) is 0.524. The summed E-state index contributed by atoms with van der Waals surface area (Å²) < 4.78 is 0. The SMILES string of the molecule is Cc1cc(C)c2cc(C(=O)N3CCC(C(=O)N4CCCC4)CC3)[nH]c2c1. The largest absolute Gasteiger partial charge is 0.351 e. The number of benzene rings is 1. The van der Waals surface area contributed by atoms with Crippen LogP contribution >= 0.6 is 0 Å². The summed E-state index contributed by atoms with van der Waals surface area (Å²) in [6.45, 7) is 7.29. The molecule has 0 aliphatic carbocycles. The van der Waals surface area contributed by atoms with Crippen LogP contribution in [0.1, 0.15) is 47.3 Å². The van der Waals surface area contributed by atoms with Gasteiger partial charge < -0.3 is 14.8 Å². The zero-order valence-corrected chi connectivity index (χ0v) is 15.7. The molecule has 2 aromatic rings. The van der Waals surface area contributed by atoms with Crippen molar-refractivity contribution in [1.82, 2.24) is 14.8 Å². The van der Waals surface area contributed by atoms with E-state index in [9.17, 15) is 9.59 Å². The molecule has 1 N–H and O–H groups in total. The molecule has 26 heavy (non-hydrogen) atoms. The topological polar surface area (TPSA) is 56.4 Å². The van der Waals surface area contributed by atoms with Crippen molar-refractivity contribution >= 4 is 22.7 Å². The molecule has 5 nitrogen and oxygen atoms in total. The molecule has 0 radical (unpaired) electrons. The van der Waals surface area contributed by atoms with Gasteiger partial charge >= 0.3 is 0 Å². The Bertz CT molecular complexity index is 840. The molecule has 0 spiro atoms. The van der Waals surface area contributed by atoms with E-state index in [0.29, 0.717) is 24.7 Å². The number of aromatic amines is 1. The second-order valence-corrected chi connectivity index (χ2v) is 7.82. The average molecular weight is 353 g/mol. The van der Waals surface area contributed by atoms with Crippen LogP contribution in [-0.2, 0) is 4.79 Å². The summed E-state index contributed by atoms with van der Waals surface area (Å²) in [7, 11) is 0. The number of nitrogens with one attached hydrogen (secondary N) is 1. The van der Waals surface area contributed by atoms with Gasteiger partial charge in [-0.15, -0.1) is 0 Å². The Kier molecular flexibility index (Phi) is 4.47. The number of carbonyl (C=O) groups excluding carboxylic acids is 2. The first-order valence-corrected chi connectivity index (χ1v) is 9.71. The van der Waals surface area contributed by atoms with E-state index in [0.717, 1.165) is 49.7 Å². The van der Waals surface area contributed by atoms with Crippen molar-refractivity contribution in [3.8, 4) is 0 Å². The number of H-pyrrole nitrogens is 1. The zero-order valence-electron chi connectivity index (χ0n) is 15.7. The summed E-state index contributed by atoms with van der Waals surface area (Å²) in [5.74, 6) is 0.432. The Balaban J connectivity index is 1.43. The van der Waals surface area contributed by atoms with Crippen LogP contribution in [0.25, 0.3) is 10.9 Å². The summed E-state index contributed by atoms with van der Waals surface area (Å²) in [4.78, 5) is 32.6. The molecule has 0 saturated carbocycles. The molecule has 2 amide bonds. The van der Waals surface area contributed by atoms with Gasteiger partial charge in [-0.25, -0.2) is 0 Å². The van der Waals surface area contributed by atoms with Gasteiger partial charge in [-0.2, -0.15) is 0 Å². The number of rotatable bonds is 2. The molecule has 2 aliphatic rings. The molecule has 2 aliphatic heterocycles. The summed E-state index contributed by atoms with van der Waals surface area (Å²) >= 11 is 0. The van der Waals surface area contributed by atoms with Crippen molar-refractivity contribution in [1.29, 1.82) is 0 Å². The normalized spacial score (nSPS) is 18.7. The summed E-state index contributed by atoms with van der Waals surface area (Å²) in [5, 5.41) is 1.11. The Labute approximate surface area is 154 Å². The van der Waals surface area contributed by atoms with E-state index >= 15 is 0 Å². The second-order valence-electron chi connectivity index (χ2n) is 7.82. The fourth-order valence-corrected chi connectivity index (χ4v) is 4.41. The van der Waals surface area contributed by atoms with Gasteiger partial charge in [-0.1, -0.05) is 6.07 Å². The third-order valence-electron chi connectivity index (χ3n) is 5.87. The summed E-state index contributed by atoms with van der Waals surface area (Å²) in [5.41, 5.74) is 4.05. The predicted octanol–water partition coefficient (Wildman–Crippen LogP) is 3.26. The number of aryl methyl sites for hydroxylation is 2. The van der Waals surface area contributed by atoms with E-state index in [-0.39, 0.29) is 11.8 Å². The molecular formula is C21H27N3O2. The smallest absolute Gasteiger partial charge is 0.270 e. The van der Waals surface area contributed by atoms with Gasteiger partial charge in [-0.3, -0.25) is 9.59 Å². The van der Waals surface area contributed by atoms with Gasteiger partial charge in [0.1, 0.15) is 5.69 Å². The first kappa shape index (κ1) is 17.1. The average Bonchev–Trinajstić information content (AvgIpc) is 3.30. The van der Waals surface area contributed by atoms with Gasteiger partial charge in [0, 0.05) is 43.0 Å². The van der Waals surface area contributed by atoms with Crippen molar-refractivity contribution in [3.63, 3.8) is 0 Å². The first-order valence-electron chi connectivity index (χ1n) is 9.71. The van der Waals surface area contributed by atoms with Gasteiger partial charge in [-0.05, 0) is 62.8 Å². The number of hydrogen-bond acceptors (Lipinski definition) is 2. The molecule has 4 rings (SSSR count). The third-order valence-corrected chi connectivity index (χ3v) is 5.87. The van der Waals surface area contributed by atoms with E-state index in [2.05, 4.69) is 31.0 Å². The van der Waals surface area contributed by atoms with Gasteiger partial charge in [0.2, 0.25) is 5.91 Å². The minimum Gasteiger partial charge on any atom is -0.351 e. The fourth-order valence-electron chi connectivity index (χ4n) is 4.41. The second kappa shape index (κ2) is 6.78. The number of fused-ring (bicyclic) bond motifs is 1. The summed E-state index contributed by atoms with van der Waals surface area (Å²) in [6.07, 6.45) is 3.81. The monoisotopic (exact) mass is 353 g/mol. The van der Waals surface area contributed by atoms with Crippen molar-refractivity contribution in [3.05, 3.63) is 35.0 Å². The van der Waals surface area contributed by atoms with Crippen molar-refractivity contribution in [2.24, 2.45) is 5.92 Å². The van der Waals surface area contributed by atoms with Crippen LogP contribution in [0.5, 0.6) is 0 Å². The highest BCUT2D eigenvalue weighted by Gasteiger charge is 2.31. The maximum atomic E-state index is 12.9. The van der Waals surface area contributed by atoms with Crippen molar-refractivity contribution in [2.45, 2.75) is 39.5 Å². The summed E-state index contributed by atoms with van der Waals surface area (Å²) in [6, 6.07) is 6.19. The molecule has 2 saturated heterocycles. The van der Waals surface area contributed by atoms with E-state index < -0.39 is 0 Å². The highest BCUT2D eigenvalue weighted by atomic mass is 16.2. The minimum atomic E-state index is 0.0466. The van der Waals surface area contributed by atoms with E-state index in [4.69, 9.17) is 0 Å². The van der Waals surface area contributed by atoms with Crippen LogP contribution in [0.2, 0.25) is 0 Å². The van der Waals surface area contributed by atoms with Gasteiger partial charge in [0.15, 0.2) is 0 Å². The maximum Gasteiger partial charge on any atom is 0.270 e. The highest BCUT2D eigenvalue weighted by Crippen LogP contribution is 2.25. The van der Waals surface area contributed by atoms with Crippen LogP contribution in [0, 0.1) is 19.8 Å². The molecule has 2 fully saturated rings. The molecule has 0 bridgehead atoms. The van der Waals surface area contributed by atoms with Gasteiger partial charge in [0.05, 0.1) is 0 Å². The number of amides is 2. The Morgan fingerprint density at radius 1 is 0.962 bits per heavy atom. The number of hydrogen-bond donors (Lipinski definition) is 1. The van der Waals surface area contributed by atoms with Crippen LogP contribution in [-0.4, -0.2) is 52.8 Å². The molecule has 0 atom stereocenters. The molecule has 1 aromatic carbocycles. The Morgan fingerprint density at radius 3 is 2.35 bits per heavy atom. The number of carbonyl (C=O) groups is 2. The molecule has 3 heterocycles. The van der Waals surface area contributed by atoms with E-state index in [1.54, 1.807) is 0 Å². The van der Waals surface area contributed by atoms with Crippen LogP contribution in [0.15, 0.2) is 18.2 Å². The van der Waals surface area contributed by atoms with Gasteiger partial charge in [0.25, 0.3) is 5.91 Å². The number of piperidine rings is 1. The lowest BCUT2D eigenvalue weighted by atomic mass is 9.95. The van der Waals surface area contributed by atoms with Crippen LogP contribution in [0.4, 0.5) is 0 Å². The molecular weight excluding hydrogens is 326 g/mol. The molecule has 138 valence electrons. The maximum absolute atomic E-state index is 12.9. The zero-order chi connectivity index (χ0) is 18.3. The lowest BCUT2D eigenvalue weighted by molar-refractivity contribution is -0.135. The molecule has 0 unspecified atom stereocenters. The van der Waals surface area contributed by atoms with Crippen molar-refractivity contribution in [2.75, 3.05) is 26.2 Å².